The van der Waals surface area contributed by atoms with E-state index in [1.807, 2.05) is 24.3 Å². The molecule has 0 bridgehead atoms. The van der Waals surface area contributed by atoms with Crippen molar-refractivity contribution in [2.45, 2.75) is 12.5 Å². The molecule has 6 heteroatoms. The number of nitrogens with zero attached hydrogens (tertiary/aromatic N) is 2. The van der Waals surface area contributed by atoms with Gasteiger partial charge in [-0.2, -0.15) is 4.98 Å². The SMILES string of the molecule is NCCc1ccccc1-c1nc(C2COCCO2)no1. The van der Waals surface area contributed by atoms with Crippen LogP contribution in [-0.2, 0) is 15.9 Å². The van der Waals surface area contributed by atoms with Crippen LogP contribution in [0.1, 0.15) is 17.5 Å². The molecule has 1 aromatic heterocycles. The first-order valence-corrected chi connectivity index (χ1v) is 6.70. The zero-order valence-electron chi connectivity index (χ0n) is 11.1. The first-order chi connectivity index (χ1) is 9.88. The molecule has 1 saturated heterocycles. The molecule has 106 valence electrons. The van der Waals surface area contributed by atoms with Crippen LogP contribution < -0.4 is 5.73 Å². The Balaban J connectivity index is 1.86. The van der Waals surface area contributed by atoms with Crippen LogP contribution in [0, 0.1) is 0 Å². The number of hydrogen-bond acceptors (Lipinski definition) is 6. The highest BCUT2D eigenvalue weighted by atomic mass is 16.6. The Hall–Kier alpha value is -1.76. The summed E-state index contributed by atoms with van der Waals surface area (Å²) < 4.78 is 16.3. The molecule has 1 fully saturated rings. The summed E-state index contributed by atoms with van der Waals surface area (Å²) in [5, 5.41) is 4.00. The summed E-state index contributed by atoms with van der Waals surface area (Å²) in [5.41, 5.74) is 7.65. The lowest BCUT2D eigenvalue weighted by Gasteiger charge is -2.19. The predicted molar refractivity (Wildman–Crippen MR) is 72.0 cm³/mol. The largest absolute Gasteiger partial charge is 0.376 e. The van der Waals surface area contributed by atoms with E-state index in [2.05, 4.69) is 10.1 Å². The van der Waals surface area contributed by atoms with E-state index in [1.165, 1.54) is 0 Å². The predicted octanol–water partition coefficient (Wildman–Crippen LogP) is 1.33. The molecule has 0 amide bonds. The minimum atomic E-state index is -0.247. The van der Waals surface area contributed by atoms with Crippen molar-refractivity contribution in [2.24, 2.45) is 5.73 Å². The summed E-state index contributed by atoms with van der Waals surface area (Å²) in [6.45, 7) is 2.21. The quantitative estimate of drug-likeness (QED) is 0.906. The lowest BCUT2D eigenvalue weighted by atomic mass is 10.0. The van der Waals surface area contributed by atoms with Gasteiger partial charge in [-0.05, 0) is 24.6 Å². The number of nitrogens with two attached hydrogens (primary N) is 1. The van der Waals surface area contributed by atoms with Gasteiger partial charge in [-0.25, -0.2) is 0 Å². The van der Waals surface area contributed by atoms with Crippen LogP contribution in [0.4, 0.5) is 0 Å². The van der Waals surface area contributed by atoms with E-state index in [-0.39, 0.29) is 6.10 Å². The topological polar surface area (TPSA) is 83.4 Å². The molecular weight excluding hydrogens is 258 g/mol. The molecule has 1 unspecified atom stereocenters. The standard InChI is InChI=1S/C14H17N3O3/c15-6-5-10-3-1-2-4-11(10)14-16-13(17-20-14)12-9-18-7-8-19-12/h1-4,12H,5-9,15H2. The van der Waals surface area contributed by atoms with Gasteiger partial charge in [-0.1, -0.05) is 23.4 Å². The van der Waals surface area contributed by atoms with E-state index in [9.17, 15) is 0 Å². The molecule has 0 aliphatic carbocycles. The Morgan fingerprint density at radius 3 is 2.95 bits per heavy atom. The highest BCUT2D eigenvalue weighted by molar-refractivity contribution is 5.58. The zero-order valence-corrected chi connectivity index (χ0v) is 11.1. The van der Waals surface area contributed by atoms with Crippen molar-refractivity contribution in [1.82, 2.24) is 10.1 Å². The Bertz CT molecular complexity index is 564. The Morgan fingerprint density at radius 2 is 2.15 bits per heavy atom. The summed E-state index contributed by atoms with van der Waals surface area (Å²) in [4.78, 5) is 4.42. The third-order valence-electron chi connectivity index (χ3n) is 3.21. The molecule has 2 aromatic rings. The maximum Gasteiger partial charge on any atom is 0.258 e. The molecule has 3 rings (SSSR count). The molecule has 0 spiro atoms. The van der Waals surface area contributed by atoms with E-state index in [0.717, 1.165) is 17.5 Å². The Morgan fingerprint density at radius 1 is 1.25 bits per heavy atom. The van der Waals surface area contributed by atoms with Crippen LogP contribution in [-0.4, -0.2) is 36.5 Å². The first-order valence-electron chi connectivity index (χ1n) is 6.70. The number of rotatable bonds is 4. The van der Waals surface area contributed by atoms with Gasteiger partial charge in [0.05, 0.1) is 19.8 Å². The summed E-state index contributed by atoms with van der Waals surface area (Å²) in [6, 6.07) is 7.90. The zero-order chi connectivity index (χ0) is 13.8. The minimum absolute atomic E-state index is 0.247. The van der Waals surface area contributed by atoms with Crippen LogP contribution in [0.15, 0.2) is 28.8 Å². The normalized spacial score (nSPS) is 19.1. The van der Waals surface area contributed by atoms with Gasteiger partial charge in [0.25, 0.3) is 5.89 Å². The molecule has 1 aliphatic heterocycles. The molecule has 0 saturated carbocycles. The van der Waals surface area contributed by atoms with E-state index in [4.69, 9.17) is 19.7 Å². The lowest BCUT2D eigenvalue weighted by Crippen LogP contribution is -2.22. The van der Waals surface area contributed by atoms with E-state index in [1.54, 1.807) is 0 Å². The first kappa shape index (κ1) is 13.2. The van der Waals surface area contributed by atoms with Crippen molar-refractivity contribution >= 4 is 0 Å². The second-order valence-corrected chi connectivity index (χ2v) is 4.59. The van der Waals surface area contributed by atoms with Crippen LogP contribution >= 0.6 is 0 Å². The smallest absolute Gasteiger partial charge is 0.258 e. The fraction of sp³-hybridized carbons (Fsp3) is 0.429. The van der Waals surface area contributed by atoms with Crippen molar-refractivity contribution in [3.05, 3.63) is 35.7 Å². The molecule has 20 heavy (non-hydrogen) atoms. The number of ether oxygens (including phenoxy) is 2. The molecule has 1 aliphatic rings. The molecule has 6 nitrogen and oxygen atoms in total. The molecule has 2 heterocycles. The Kier molecular flexibility index (Phi) is 4.05. The van der Waals surface area contributed by atoms with Crippen molar-refractivity contribution < 1.29 is 14.0 Å². The van der Waals surface area contributed by atoms with Crippen molar-refractivity contribution in [3.63, 3.8) is 0 Å². The number of hydrogen-bond donors (Lipinski definition) is 1. The molecule has 2 N–H and O–H groups in total. The fourth-order valence-electron chi connectivity index (χ4n) is 2.21. The average Bonchev–Trinajstić information content (AvgIpc) is 2.99. The second-order valence-electron chi connectivity index (χ2n) is 4.59. The maximum absolute atomic E-state index is 5.63. The van der Waals surface area contributed by atoms with E-state index >= 15 is 0 Å². The number of aromatic nitrogens is 2. The van der Waals surface area contributed by atoms with Gasteiger partial charge < -0.3 is 19.7 Å². The second kappa shape index (κ2) is 6.13. The van der Waals surface area contributed by atoms with Gasteiger partial charge in [-0.3, -0.25) is 0 Å². The van der Waals surface area contributed by atoms with Crippen LogP contribution in [0.2, 0.25) is 0 Å². The van der Waals surface area contributed by atoms with Crippen LogP contribution in [0.25, 0.3) is 11.5 Å². The van der Waals surface area contributed by atoms with Gasteiger partial charge >= 0.3 is 0 Å². The third-order valence-corrected chi connectivity index (χ3v) is 3.21. The lowest BCUT2D eigenvalue weighted by molar-refractivity contribution is -0.0941. The van der Waals surface area contributed by atoms with Gasteiger partial charge in [0, 0.05) is 5.56 Å². The van der Waals surface area contributed by atoms with Crippen molar-refractivity contribution in [2.75, 3.05) is 26.4 Å². The summed E-state index contributed by atoms with van der Waals surface area (Å²) in [6.07, 6.45) is 0.527. The van der Waals surface area contributed by atoms with Crippen LogP contribution in [0.5, 0.6) is 0 Å². The van der Waals surface area contributed by atoms with Crippen LogP contribution in [0.3, 0.4) is 0 Å². The monoisotopic (exact) mass is 275 g/mol. The summed E-state index contributed by atoms with van der Waals surface area (Å²) in [5.74, 6) is 1.03. The number of benzene rings is 1. The van der Waals surface area contributed by atoms with E-state index < -0.39 is 0 Å². The van der Waals surface area contributed by atoms with Gasteiger partial charge in [0.2, 0.25) is 5.82 Å². The van der Waals surface area contributed by atoms with Crippen molar-refractivity contribution in [1.29, 1.82) is 0 Å². The summed E-state index contributed by atoms with van der Waals surface area (Å²) in [7, 11) is 0. The van der Waals surface area contributed by atoms with Gasteiger partial charge in [-0.15, -0.1) is 0 Å². The summed E-state index contributed by atoms with van der Waals surface area (Å²) >= 11 is 0. The minimum Gasteiger partial charge on any atom is -0.376 e. The van der Waals surface area contributed by atoms with Gasteiger partial charge in [0.1, 0.15) is 6.10 Å². The maximum atomic E-state index is 5.63. The van der Waals surface area contributed by atoms with Crippen molar-refractivity contribution in [3.8, 4) is 11.5 Å². The van der Waals surface area contributed by atoms with E-state index in [0.29, 0.717) is 38.1 Å². The fourth-order valence-corrected chi connectivity index (χ4v) is 2.21. The Labute approximate surface area is 116 Å². The highest BCUT2D eigenvalue weighted by Gasteiger charge is 2.23. The average molecular weight is 275 g/mol. The molecule has 1 aromatic carbocycles. The van der Waals surface area contributed by atoms with Gasteiger partial charge in [0.15, 0.2) is 0 Å². The molecular formula is C14H17N3O3. The molecule has 0 radical (unpaired) electrons. The third kappa shape index (κ3) is 2.72. The molecule has 1 atom stereocenters. The highest BCUT2D eigenvalue weighted by Crippen LogP contribution is 2.25.